The van der Waals surface area contributed by atoms with Crippen LogP contribution in [0, 0.1) is 0 Å². The summed E-state index contributed by atoms with van der Waals surface area (Å²) in [4.78, 5) is 43.7. The lowest BCUT2D eigenvalue weighted by molar-refractivity contribution is -0.140. The molecule has 3 rings (SSSR count). The molecular formula is C18H24N4O4. The van der Waals surface area contributed by atoms with Crippen LogP contribution in [0.2, 0.25) is 0 Å². The van der Waals surface area contributed by atoms with Gasteiger partial charge in [0.25, 0.3) is 5.91 Å². The summed E-state index contributed by atoms with van der Waals surface area (Å²) in [6.07, 6.45) is 2.26. The Balaban J connectivity index is 1.55. The van der Waals surface area contributed by atoms with Crippen LogP contribution in [0.1, 0.15) is 38.2 Å². The van der Waals surface area contributed by atoms with Gasteiger partial charge in [-0.25, -0.2) is 4.79 Å². The molecule has 8 heteroatoms. The van der Waals surface area contributed by atoms with Crippen molar-refractivity contribution in [3.8, 4) is 0 Å². The van der Waals surface area contributed by atoms with E-state index in [9.17, 15) is 14.4 Å². The second-order valence-electron chi connectivity index (χ2n) is 6.55. The van der Waals surface area contributed by atoms with E-state index in [0.717, 1.165) is 5.56 Å². The lowest BCUT2D eigenvalue weighted by atomic mass is 10.0. The molecule has 0 aromatic heterocycles. The number of carbonyl (C=O) groups is 3. The van der Waals surface area contributed by atoms with Crippen molar-refractivity contribution >= 4 is 17.8 Å². The van der Waals surface area contributed by atoms with Gasteiger partial charge in [0, 0.05) is 13.0 Å². The average Bonchev–Trinajstić information content (AvgIpc) is 2.89. The maximum Gasteiger partial charge on any atom is 0.345 e. The fourth-order valence-corrected chi connectivity index (χ4v) is 3.29. The van der Waals surface area contributed by atoms with Crippen LogP contribution in [0.3, 0.4) is 0 Å². The van der Waals surface area contributed by atoms with E-state index in [1.165, 1.54) is 9.96 Å². The summed E-state index contributed by atoms with van der Waals surface area (Å²) in [7, 11) is 0. The number of amides is 4. The van der Waals surface area contributed by atoms with E-state index in [0.29, 0.717) is 38.8 Å². The minimum absolute atomic E-state index is 0.0510. The number of nitrogens with zero attached hydrogens (tertiary/aromatic N) is 2. The van der Waals surface area contributed by atoms with E-state index >= 15 is 0 Å². The molecule has 0 saturated carbocycles. The lowest BCUT2D eigenvalue weighted by Crippen LogP contribution is -2.54. The molecule has 140 valence electrons. The SMILES string of the molecule is CCCC(=O)NNC(=O)[C@@H]1CC[C@@H]2CN1C(=O)N2OCc1ccccc1. The Kier molecular flexibility index (Phi) is 5.72. The molecule has 0 aliphatic carbocycles. The monoisotopic (exact) mass is 360 g/mol. The minimum Gasteiger partial charge on any atom is -0.309 e. The highest BCUT2D eigenvalue weighted by atomic mass is 16.7. The molecule has 1 aromatic carbocycles. The van der Waals surface area contributed by atoms with Crippen molar-refractivity contribution in [1.82, 2.24) is 20.8 Å². The van der Waals surface area contributed by atoms with Gasteiger partial charge < -0.3 is 4.90 Å². The Hall–Kier alpha value is -2.61. The quantitative estimate of drug-likeness (QED) is 0.749. The molecular weight excluding hydrogens is 336 g/mol. The highest BCUT2D eigenvalue weighted by Crippen LogP contribution is 2.30. The Bertz CT molecular complexity index is 666. The largest absolute Gasteiger partial charge is 0.345 e. The first-order valence-corrected chi connectivity index (χ1v) is 8.95. The summed E-state index contributed by atoms with van der Waals surface area (Å²) in [6, 6.07) is 8.68. The molecule has 2 bridgehead atoms. The minimum atomic E-state index is -0.592. The van der Waals surface area contributed by atoms with Crippen LogP contribution in [-0.4, -0.2) is 46.4 Å². The standard InChI is InChI=1S/C18H24N4O4/c1-2-6-16(23)19-20-17(24)15-10-9-14-11-21(15)18(25)22(14)26-12-13-7-4-3-5-8-13/h3-5,7-8,14-15H,2,6,9-12H2,1H3,(H,19,23)(H,20,24)/t14-,15+/m1/s1. The van der Waals surface area contributed by atoms with Gasteiger partial charge in [-0.15, -0.1) is 0 Å². The zero-order chi connectivity index (χ0) is 18.5. The van der Waals surface area contributed by atoms with Crippen LogP contribution in [0.5, 0.6) is 0 Å². The molecule has 26 heavy (non-hydrogen) atoms. The third-order valence-corrected chi connectivity index (χ3v) is 4.64. The average molecular weight is 360 g/mol. The van der Waals surface area contributed by atoms with Crippen LogP contribution in [0.25, 0.3) is 0 Å². The number of hydrogen-bond donors (Lipinski definition) is 2. The molecule has 1 aromatic rings. The predicted octanol–water partition coefficient (Wildman–Crippen LogP) is 1.33. The number of nitrogens with one attached hydrogen (secondary N) is 2. The number of rotatable bonds is 6. The zero-order valence-corrected chi connectivity index (χ0v) is 14.8. The number of urea groups is 1. The van der Waals surface area contributed by atoms with Crippen molar-refractivity contribution in [3.63, 3.8) is 0 Å². The first-order valence-electron chi connectivity index (χ1n) is 8.95. The number of fused-ring (bicyclic) bond motifs is 2. The molecule has 2 aliphatic rings. The summed E-state index contributed by atoms with van der Waals surface area (Å²) in [5.74, 6) is -0.610. The maximum atomic E-state index is 12.6. The summed E-state index contributed by atoms with van der Waals surface area (Å²) in [5, 5.41) is 1.38. The Morgan fingerprint density at radius 1 is 1.19 bits per heavy atom. The topological polar surface area (TPSA) is 91.0 Å². The van der Waals surface area contributed by atoms with Gasteiger partial charge in [-0.05, 0) is 24.8 Å². The van der Waals surface area contributed by atoms with Crippen molar-refractivity contribution in [2.24, 2.45) is 0 Å². The number of piperidine rings is 1. The molecule has 2 atom stereocenters. The third kappa shape index (κ3) is 3.96. The van der Waals surface area contributed by atoms with Crippen LogP contribution in [0.4, 0.5) is 4.79 Å². The Morgan fingerprint density at radius 2 is 1.96 bits per heavy atom. The molecule has 2 fully saturated rings. The number of hydrazine groups is 1. The summed E-state index contributed by atoms with van der Waals surface area (Å²) in [6.45, 7) is 2.64. The fraction of sp³-hybridized carbons (Fsp3) is 0.500. The highest BCUT2D eigenvalue weighted by Gasteiger charge is 2.47. The van der Waals surface area contributed by atoms with Crippen molar-refractivity contribution in [1.29, 1.82) is 0 Å². The van der Waals surface area contributed by atoms with Gasteiger partial charge in [-0.3, -0.25) is 25.3 Å². The molecule has 0 unspecified atom stereocenters. The van der Waals surface area contributed by atoms with E-state index in [1.54, 1.807) is 0 Å². The molecule has 2 heterocycles. The molecule has 8 nitrogen and oxygen atoms in total. The van der Waals surface area contributed by atoms with Gasteiger partial charge in [0.15, 0.2) is 0 Å². The number of hydroxylamine groups is 2. The van der Waals surface area contributed by atoms with Gasteiger partial charge in [-0.2, -0.15) is 5.06 Å². The molecule has 4 amide bonds. The summed E-state index contributed by atoms with van der Waals surface area (Å²) in [5.41, 5.74) is 5.79. The predicted molar refractivity (Wildman–Crippen MR) is 93.2 cm³/mol. The summed E-state index contributed by atoms with van der Waals surface area (Å²) < 4.78 is 0. The van der Waals surface area contributed by atoms with Gasteiger partial charge in [-0.1, -0.05) is 37.3 Å². The molecule has 2 aliphatic heterocycles. The van der Waals surface area contributed by atoms with Crippen LogP contribution < -0.4 is 10.9 Å². The zero-order valence-electron chi connectivity index (χ0n) is 14.8. The smallest absolute Gasteiger partial charge is 0.309 e. The van der Waals surface area contributed by atoms with Gasteiger partial charge in [0.1, 0.15) is 12.6 Å². The molecule has 2 N–H and O–H groups in total. The van der Waals surface area contributed by atoms with Gasteiger partial charge in [0.05, 0.1) is 6.04 Å². The molecule has 0 radical (unpaired) electrons. The van der Waals surface area contributed by atoms with Gasteiger partial charge in [0.2, 0.25) is 5.91 Å². The first-order chi connectivity index (χ1) is 12.6. The first kappa shape index (κ1) is 18.2. The number of carbonyl (C=O) groups excluding carboxylic acids is 3. The number of benzene rings is 1. The van der Waals surface area contributed by atoms with E-state index in [4.69, 9.17) is 4.84 Å². The second kappa shape index (κ2) is 8.18. The van der Waals surface area contributed by atoms with E-state index in [2.05, 4.69) is 10.9 Å². The Labute approximate surface area is 152 Å². The summed E-state index contributed by atoms with van der Waals surface area (Å²) >= 11 is 0. The lowest BCUT2D eigenvalue weighted by Gasteiger charge is -2.29. The Morgan fingerprint density at radius 3 is 2.69 bits per heavy atom. The maximum absolute atomic E-state index is 12.6. The normalized spacial score (nSPS) is 21.7. The van der Waals surface area contributed by atoms with Crippen molar-refractivity contribution in [2.45, 2.75) is 51.3 Å². The molecule has 2 saturated heterocycles. The van der Waals surface area contributed by atoms with Gasteiger partial charge >= 0.3 is 6.03 Å². The highest BCUT2D eigenvalue weighted by molar-refractivity contribution is 5.89. The van der Waals surface area contributed by atoms with Crippen molar-refractivity contribution in [3.05, 3.63) is 35.9 Å². The van der Waals surface area contributed by atoms with E-state index in [1.807, 2.05) is 37.3 Å². The second-order valence-corrected chi connectivity index (χ2v) is 6.55. The number of hydrogen-bond acceptors (Lipinski definition) is 4. The van der Waals surface area contributed by atoms with Crippen LogP contribution in [0.15, 0.2) is 30.3 Å². The van der Waals surface area contributed by atoms with Crippen LogP contribution >= 0.6 is 0 Å². The van der Waals surface area contributed by atoms with Crippen molar-refractivity contribution < 1.29 is 19.2 Å². The van der Waals surface area contributed by atoms with Crippen LogP contribution in [-0.2, 0) is 21.0 Å². The third-order valence-electron chi connectivity index (χ3n) is 4.64. The van der Waals surface area contributed by atoms with E-state index in [-0.39, 0.29) is 23.9 Å². The molecule has 0 spiro atoms. The van der Waals surface area contributed by atoms with E-state index < -0.39 is 6.04 Å². The fourth-order valence-electron chi connectivity index (χ4n) is 3.29. The van der Waals surface area contributed by atoms with Crippen molar-refractivity contribution in [2.75, 3.05) is 6.54 Å².